The molecule has 0 saturated carbocycles. The maximum atomic E-state index is 12.6. The van der Waals surface area contributed by atoms with Gasteiger partial charge in [-0.15, -0.1) is 0 Å². The number of nitrogens with zero attached hydrogens (tertiary/aromatic N) is 3. The highest BCUT2D eigenvalue weighted by Gasteiger charge is 2.39. The van der Waals surface area contributed by atoms with Crippen LogP contribution >= 0.6 is 0 Å². The third-order valence-electron chi connectivity index (χ3n) is 4.37. The van der Waals surface area contributed by atoms with Gasteiger partial charge in [-0.25, -0.2) is 0 Å². The van der Waals surface area contributed by atoms with Gasteiger partial charge in [-0.05, 0) is 39.7 Å². The fraction of sp³-hybridized carbons (Fsp3) is 0.846. The van der Waals surface area contributed by atoms with Crippen molar-refractivity contribution in [3.63, 3.8) is 0 Å². The first-order valence-electron chi connectivity index (χ1n) is 6.98. The second-order valence-corrected chi connectivity index (χ2v) is 6.05. The third kappa shape index (κ3) is 2.68. The van der Waals surface area contributed by atoms with Crippen LogP contribution in [0.4, 0.5) is 0 Å². The molecule has 19 heavy (non-hydrogen) atoms. The fourth-order valence-electron chi connectivity index (χ4n) is 3.02. The van der Waals surface area contributed by atoms with E-state index in [1.54, 1.807) is 13.8 Å². The van der Waals surface area contributed by atoms with Crippen LogP contribution < -0.4 is 5.73 Å². The summed E-state index contributed by atoms with van der Waals surface area (Å²) in [5.74, 6) is -0.0680. The van der Waals surface area contributed by atoms with Gasteiger partial charge in [-0.3, -0.25) is 9.69 Å². The SMILES string of the molecule is CC(C)(C(=O)N1CCCN2CCCC2C1)C(N)=NO. The van der Waals surface area contributed by atoms with Crippen molar-refractivity contribution < 1.29 is 10.0 Å². The Labute approximate surface area is 114 Å². The summed E-state index contributed by atoms with van der Waals surface area (Å²) in [5.41, 5.74) is 4.70. The van der Waals surface area contributed by atoms with E-state index in [0.717, 1.165) is 39.0 Å². The molecule has 2 aliphatic heterocycles. The Balaban J connectivity index is 2.10. The van der Waals surface area contributed by atoms with Gasteiger partial charge in [0.15, 0.2) is 5.84 Å². The molecule has 2 aliphatic rings. The van der Waals surface area contributed by atoms with Crippen LogP contribution in [-0.4, -0.2) is 59.0 Å². The molecule has 6 heteroatoms. The summed E-state index contributed by atoms with van der Waals surface area (Å²) in [6, 6.07) is 0.481. The lowest BCUT2D eigenvalue weighted by Crippen LogP contribution is -2.50. The zero-order chi connectivity index (χ0) is 14.0. The number of hydrogen-bond acceptors (Lipinski definition) is 4. The summed E-state index contributed by atoms with van der Waals surface area (Å²) in [4.78, 5) is 17.0. The second-order valence-electron chi connectivity index (χ2n) is 6.05. The third-order valence-corrected chi connectivity index (χ3v) is 4.37. The Morgan fingerprint density at radius 2 is 2.00 bits per heavy atom. The van der Waals surface area contributed by atoms with E-state index >= 15 is 0 Å². The molecule has 2 saturated heterocycles. The average molecular weight is 268 g/mol. The van der Waals surface area contributed by atoms with E-state index in [1.807, 2.05) is 4.90 Å². The van der Waals surface area contributed by atoms with E-state index in [9.17, 15) is 4.79 Å². The summed E-state index contributed by atoms with van der Waals surface area (Å²) < 4.78 is 0. The van der Waals surface area contributed by atoms with E-state index in [-0.39, 0.29) is 11.7 Å². The molecule has 1 amide bonds. The van der Waals surface area contributed by atoms with E-state index in [0.29, 0.717) is 6.04 Å². The number of oxime groups is 1. The first-order valence-corrected chi connectivity index (χ1v) is 6.98. The van der Waals surface area contributed by atoms with Gasteiger partial charge in [0.05, 0.1) is 0 Å². The van der Waals surface area contributed by atoms with Gasteiger partial charge < -0.3 is 15.8 Å². The van der Waals surface area contributed by atoms with Gasteiger partial charge in [0, 0.05) is 25.7 Å². The molecule has 1 atom stereocenters. The molecule has 0 aromatic heterocycles. The maximum absolute atomic E-state index is 12.6. The molecule has 2 rings (SSSR count). The van der Waals surface area contributed by atoms with Crippen LogP contribution in [-0.2, 0) is 4.79 Å². The standard InChI is InChI=1S/C13H24N4O2/c1-13(2,11(14)15-19)12(18)17-8-4-7-16-6-3-5-10(16)9-17/h10,19H,3-9H2,1-2H3,(H2,14,15). The molecule has 0 spiro atoms. The van der Waals surface area contributed by atoms with Crippen LogP contribution in [0.3, 0.4) is 0 Å². The Kier molecular flexibility index (Phi) is 3.99. The largest absolute Gasteiger partial charge is 0.409 e. The highest BCUT2D eigenvalue weighted by atomic mass is 16.4. The van der Waals surface area contributed by atoms with Crippen molar-refractivity contribution in [2.45, 2.75) is 39.2 Å². The van der Waals surface area contributed by atoms with E-state index in [2.05, 4.69) is 10.1 Å². The summed E-state index contributed by atoms with van der Waals surface area (Å²) in [6.45, 7) is 7.16. The highest BCUT2D eigenvalue weighted by molar-refractivity contribution is 6.05. The maximum Gasteiger partial charge on any atom is 0.236 e. The van der Waals surface area contributed by atoms with Crippen molar-refractivity contribution in [2.75, 3.05) is 26.2 Å². The first kappa shape index (κ1) is 14.1. The molecule has 1 unspecified atom stereocenters. The van der Waals surface area contributed by atoms with Crippen LogP contribution in [0.5, 0.6) is 0 Å². The smallest absolute Gasteiger partial charge is 0.236 e. The molecular formula is C13H24N4O2. The minimum absolute atomic E-state index is 0.0231. The summed E-state index contributed by atoms with van der Waals surface area (Å²) in [6.07, 6.45) is 3.37. The molecule has 0 aromatic carbocycles. The average Bonchev–Trinajstić information content (AvgIpc) is 2.74. The quantitative estimate of drug-likeness (QED) is 0.330. The summed E-state index contributed by atoms with van der Waals surface area (Å²) in [5, 5.41) is 11.8. The number of amidine groups is 1. The van der Waals surface area contributed by atoms with Gasteiger partial charge in [0.25, 0.3) is 0 Å². The summed E-state index contributed by atoms with van der Waals surface area (Å²) in [7, 11) is 0. The molecule has 3 N–H and O–H groups in total. The Morgan fingerprint density at radius 1 is 1.32 bits per heavy atom. The van der Waals surface area contributed by atoms with Crippen LogP contribution in [0.1, 0.15) is 33.1 Å². The number of fused-ring (bicyclic) bond motifs is 1. The van der Waals surface area contributed by atoms with E-state index < -0.39 is 5.41 Å². The number of amides is 1. The van der Waals surface area contributed by atoms with Crippen LogP contribution in [0.15, 0.2) is 5.16 Å². The monoisotopic (exact) mass is 268 g/mol. The van der Waals surface area contributed by atoms with Gasteiger partial charge in [-0.2, -0.15) is 0 Å². The molecule has 6 nitrogen and oxygen atoms in total. The number of nitrogens with two attached hydrogens (primary N) is 1. The predicted octanol–water partition coefficient (Wildman–Crippen LogP) is 0.456. The van der Waals surface area contributed by atoms with E-state index in [1.165, 1.54) is 6.42 Å². The van der Waals surface area contributed by atoms with Crippen LogP contribution in [0.25, 0.3) is 0 Å². The van der Waals surface area contributed by atoms with Gasteiger partial charge in [-0.1, -0.05) is 5.16 Å². The molecule has 0 bridgehead atoms. The molecular weight excluding hydrogens is 244 g/mol. The minimum atomic E-state index is -0.942. The molecule has 108 valence electrons. The van der Waals surface area contributed by atoms with Gasteiger partial charge in [0.1, 0.15) is 5.41 Å². The zero-order valence-electron chi connectivity index (χ0n) is 11.8. The molecule has 0 aromatic rings. The zero-order valence-corrected chi connectivity index (χ0v) is 11.8. The van der Waals surface area contributed by atoms with Crippen molar-refractivity contribution in [1.29, 1.82) is 0 Å². The molecule has 2 heterocycles. The van der Waals surface area contributed by atoms with Crippen molar-refractivity contribution in [3.05, 3.63) is 0 Å². The molecule has 2 fully saturated rings. The van der Waals surface area contributed by atoms with Crippen LogP contribution in [0, 0.1) is 5.41 Å². The Bertz CT molecular complexity index is 381. The first-order chi connectivity index (χ1) is 8.96. The van der Waals surface area contributed by atoms with Gasteiger partial charge >= 0.3 is 0 Å². The Hall–Kier alpha value is -1.30. The van der Waals surface area contributed by atoms with E-state index in [4.69, 9.17) is 10.9 Å². The van der Waals surface area contributed by atoms with Crippen molar-refractivity contribution in [2.24, 2.45) is 16.3 Å². The van der Waals surface area contributed by atoms with Crippen molar-refractivity contribution in [3.8, 4) is 0 Å². The minimum Gasteiger partial charge on any atom is -0.409 e. The lowest BCUT2D eigenvalue weighted by Gasteiger charge is -2.32. The topological polar surface area (TPSA) is 82.2 Å². The Morgan fingerprint density at radius 3 is 2.68 bits per heavy atom. The van der Waals surface area contributed by atoms with Crippen molar-refractivity contribution in [1.82, 2.24) is 9.80 Å². The molecule has 0 radical (unpaired) electrons. The van der Waals surface area contributed by atoms with Gasteiger partial charge in [0.2, 0.25) is 5.91 Å². The number of hydrogen-bond donors (Lipinski definition) is 2. The number of carbonyl (C=O) groups is 1. The second kappa shape index (κ2) is 5.36. The molecule has 0 aliphatic carbocycles. The number of rotatable bonds is 2. The van der Waals surface area contributed by atoms with Crippen molar-refractivity contribution >= 4 is 11.7 Å². The highest BCUT2D eigenvalue weighted by Crippen LogP contribution is 2.25. The fourth-order valence-corrected chi connectivity index (χ4v) is 3.02. The lowest BCUT2D eigenvalue weighted by atomic mass is 9.90. The van der Waals surface area contributed by atoms with Crippen LogP contribution in [0.2, 0.25) is 0 Å². The normalized spacial score (nSPS) is 26.1. The lowest BCUT2D eigenvalue weighted by molar-refractivity contribution is -0.137. The predicted molar refractivity (Wildman–Crippen MR) is 73.0 cm³/mol. The number of carbonyl (C=O) groups excluding carboxylic acids is 1. The summed E-state index contributed by atoms with van der Waals surface area (Å²) >= 11 is 0.